The van der Waals surface area contributed by atoms with Gasteiger partial charge in [0.2, 0.25) is 5.91 Å². The zero-order chi connectivity index (χ0) is 23.4. The van der Waals surface area contributed by atoms with E-state index in [0.717, 1.165) is 59.7 Å². The maximum atomic E-state index is 12.6. The number of aryl methyl sites for hydroxylation is 1. The monoisotopic (exact) mass is 446 g/mol. The van der Waals surface area contributed by atoms with Crippen molar-refractivity contribution < 1.29 is 14.3 Å². The Hall–Kier alpha value is -3.58. The molecule has 1 fully saturated rings. The summed E-state index contributed by atoms with van der Waals surface area (Å²) in [5.74, 6) is 2.16. The molecule has 2 heterocycles. The van der Waals surface area contributed by atoms with E-state index in [0.29, 0.717) is 11.5 Å². The van der Waals surface area contributed by atoms with Crippen molar-refractivity contribution in [2.75, 3.05) is 57.7 Å². The predicted molar refractivity (Wildman–Crippen MR) is 133 cm³/mol. The van der Waals surface area contributed by atoms with E-state index in [-0.39, 0.29) is 5.91 Å². The molecule has 0 unspecified atom stereocenters. The number of carbonyl (C=O) groups excluding carboxylic acids is 1. The molecule has 7 heteroatoms. The third-order valence-electron chi connectivity index (χ3n) is 5.95. The van der Waals surface area contributed by atoms with Crippen LogP contribution < -0.4 is 19.7 Å². The Balaban J connectivity index is 1.50. The third-order valence-corrected chi connectivity index (χ3v) is 5.95. The van der Waals surface area contributed by atoms with Crippen molar-refractivity contribution in [1.82, 2.24) is 9.88 Å². The molecule has 0 aliphatic carbocycles. The highest BCUT2D eigenvalue weighted by Crippen LogP contribution is 2.27. The van der Waals surface area contributed by atoms with Crippen LogP contribution in [0.2, 0.25) is 0 Å². The number of pyridine rings is 1. The molecule has 1 saturated heterocycles. The van der Waals surface area contributed by atoms with Crippen molar-refractivity contribution in [1.29, 1.82) is 0 Å². The third kappa shape index (κ3) is 5.26. The minimum absolute atomic E-state index is 0.223. The first kappa shape index (κ1) is 22.6. The summed E-state index contributed by atoms with van der Waals surface area (Å²) in [7, 11) is 5.35. The first-order valence-electron chi connectivity index (χ1n) is 11.0. The van der Waals surface area contributed by atoms with Crippen molar-refractivity contribution >= 4 is 34.4 Å². The number of rotatable bonds is 6. The van der Waals surface area contributed by atoms with Crippen LogP contribution in [0.25, 0.3) is 17.0 Å². The average Bonchev–Trinajstić information content (AvgIpc) is 2.83. The SMILES string of the molecule is COc1ccc(OC)c(/C=C/C(=O)Nc2ccc3nc(N4CCN(C)CC4)cc(C)c3c2)c1. The van der Waals surface area contributed by atoms with Crippen LogP contribution in [-0.2, 0) is 4.79 Å². The van der Waals surface area contributed by atoms with Gasteiger partial charge in [0.25, 0.3) is 0 Å². The molecule has 1 aromatic heterocycles. The lowest BCUT2D eigenvalue weighted by molar-refractivity contribution is -0.111. The number of nitrogens with one attached hydrogen (secondary N) is 1. The number of carbonyl (C=O) groups is 1. The van der Waals surface area contributed by atoms with Crippen molar-refractivity contribution in [2.45, 2.75) is 6.92 Å². The summed E-state index contributed by atoms with van der Waals surface area (Å²) < 4.78 is 10.6. The number of anilines is 2. The van der Waals surface area contributed by atoms with Gasteiger partial charge in [0.05, 0.1) is 19.7 Å². The molecule has 0 atom stereocenters. The second kappa shape index (κ2) is 9.92. The zero-order valence-electron chi connectivity index (χ0n) is 19.6. The van der Waals surface area contributed by atoms with Crippen LogP contribution in [0.15, 0.2) is 48.5 Å². The van der Waals surface area contributed by atoms with Gasteiger partial charge in [-0.15, -0.1) is 0 Å². The molecule has 1 aliphatic rings. The van der Waals surface area contributed by atoms with Crippen LogP contribution in [0, 0.1) is 6.92 Å². The fourth-order valence-corrected chi connectivity index (χ4v) is 3.97. The summed E-state index contributed by atoms with van der Waals surface area (Å²) >= 11 is 0. The molecule has 0 spiro atoms. The lowest BCUT2D eigenvalue weighted by Crippen LogP contribution is -2.44. The Morgan fingerprint density at radius 2 is 1.82 bits per heavy atom. The molecule has 0 radical (unpaired) electrons. The quantitative estimate of drug-likeness (QED) is 0.578. The van der Waals surface area contributed by atoms with Gasteiger partial charge >= 0.3 is 0 Å². The molecule has 2 aromatic carbocycles. The fraction of sp³-hybridized carbons (Fsp3) is 0.308. The number of nitrogens with zero attached hydrogens (tertiary/aromatic N) is 3. The van der Waals surface area contributed by atoms with Crippen LogP contribution in [0.1, 0.15) is 11.1 Å². The molecule has 4 rings (SSSR count). The van der Waals surface area contributed by atoms with Gasteiger partial charge in [-0.3, -0.25) is 4.79 Å². The molecule has 1 aliphatic heterocycles. The summed E-state index contributed by atoms with van der Waals surface area (Å²) in [6, 6.07) is 13.4. The highest BCUT2D eigenvalue weighted by Gasteiger charge is 2.16. The van der Waals surface area contributed by atoms with E-state index in [1.54, 1.807) is 20.3 Å². The number of benzene rings is 2. The van der Waals surface area contributed by atoms with E-state index in [1.165, 1.54) is 6.08 Å². The smallest absolute Gasteiger partial charge is 0.248 e. The van der Waals surface area contributed by atoms with E-state index in [1.807, 2.05) is 36.4 Å². The minimum atomic E-state index is -0.223. The summed E-state index contributed by atoms with van der Waals surface area (Å²) in [5.41, 5.74) is 3.56. The Morgan fingerprint density at radius 1 is 1.03 bits per heavy atom. The first-order chi connectivity index (χ1) is 16.0. The standard InChI is InChI=1S/C26H30N4O3/c1-18-15-25(30-13-11-29(2)12-14-30)28-23-8-6-20(17-22(18)23)27-26(31)10-5-19-16-21(32-3)7-9-24(19)33-4/h5-10,15-17H,11-14H2,1-4H3,(H,27,31)/b10-5+. The molecule has 1 N–H and O–H groups in total. The largest absolute Gasteiger partial charge is 0.497 e. The summed E-state index contributed by atoms with van der Waals surface area (Å²) in [5, 5.41) is 3.97. The number of hydrogen-bond donors (Lipinski definition) is 1. The van der Waals surface area contributed by atoms with Gasteiger partial charge in [0.1, 0.15) is 17.3 Å². The molecular formula is C26H30N4O3. The number of methoxy groups -OCH3 is 2. The first-order valence-corrected chi connectivity index (χ1v) is 11.0. The molecule has 172 valence electrons. The molecule has 7 nitrogen and oxygen atoms in total. The molecular weight excluding hydrogens is 416 g/mol. The van der Waals surface area contributed by atoms with Gasteiger partial charge < -0.3 is 24.6 Å². The number of amides is 1. The molecule has 3 aromatic rings. The molecule has 33 heavy (non-hydrogen) atoms. The van der Waals surface area contributed by atoms with Gasteiger partial charge in [-0.2, -0.15) is 0 Å². The van der Waals surface area contributed by atoms with Crippen LogP contribution in [0.3, 0.4) is 0 Å². The second-order valence-corrected chi connectivity index (χ2v) is 8.25. The zero-order valence-corrected chi connectivity index (χ0v) is 19.6. The second-order valence-electron chi connectivity index (χ2n) is 8.25. The maximum absolute atomic E-state index is 12.6. The van der Waals surface area contributed by atoms with Crippen molar-refractivity contribution in [3.05, 3.63) is 59.7 Å². The van der Waals surface area contributed by atoms with Crippen molar-refractivity contribution in [3.8, 4) is 11.5 Å². The number of aromatic nitrogens is 1. The van der Waals surface area contributed by atoms with Gasteiger partial charge in [-0.05, 0) is 68.1 Å². The Morgan fingerprint density at radius 3 is 2.55 bits per heavy atom. The number of piperazine rings is 1. The highest BCUT2D eigenvalue weighted by molar-refractivity contribution is 6.03. The minimum Gasteiger partial charge on any atom is -0.497 e. The number of ether oxygens (including phenoxy) is 2. The van der Waals surface area contributed by atoms with E-state index >= 15 is 0 Å². The predicted octanol–water partition coefficient (Wildman–Crippen LogP) is 3.96. The van der Waals surface area contributed by atoms with Crippen molar-refractivity contribution in [2.24, 2.45) is 0 Å². The average molecular weight is 447 g/mol. The Bertz CT molecular complexity index is 1180. The fourth-order valence-electron chi connectivity index (χ4n) is 3.97. The van der Waals surface area contributed by atoms with E-state index < -0.39 is 0 Å². The summed E-state index contributed by atoms with van der Waals surface area (Å²) in [6.07, 6.45) is 3.20. The Kier molecular flexibility index (Phi) is 6.79. The van der Waals surface area contributed by atoms with Gasteiger partial charge in [-0.25, -0.2) is 4.98 Å². The molecule has 0 saturated carbocycles. The molecule has 1 amide bonds. The van der Waals surface area contributed by atoms with Gasteiger partial charge in [0, 0.05) is 48.9 Å². The van der Waals surface area contributed by atoms with Crippen molar-refractivity contribution in [3.63, 3.8) is 0 Å². The lowest BCUT2D eigenvalue weighted by atomic mass is 10.1. The summed E-state index contributed by atoms with van der Waals surface area (Å²) in [6.45, 7) is 6.13. The van der Waals surface area contributed by atoms with Gasteiger partial charge in [-0.1, -0.05) is 0 Å². The van der Waals surface area contributed by atoms with Crippen LogP contribution in [0.5, 0.6) is 11.5 Å². The normalized spacial score (nSPS) is 14.6. The lowest BCUT2D eigenvalue weighted by Gasteiger charge is -2.33. The molecule has 0 bridgehead atoms. The van der Waals surface area contributed by atoms with Crippen LogP contribution in [-0.4, -0.2) is 63.2 Å². The summed E-state index contributed by atoms with van der Waals surface area (Å²) in [4.78, 5) is 22.1. The van der Waals surface area contributed by atoms with Gasteiger partial charge in [0.15, 0.2) is 0 Å². The Labute approximate surface area is 194 Å². The number of hydrogen-bond acceptors (Lipinski definition) is 6. The van der Waals surface area contributed by atoms with E-state index in [9.17, 15) is 4.79 Å². The van der Waals surface area contributed by atoms with E-state index in [2.05, 4.69) is 35.2 Å². The highest BCUT2D eigenvalue weighted by atomic mass is 16.5. The number of likely N-dealkylation sites (N-methyl/N-ethyl adjacent to an activating group) is 1. The maximum Gasteiger partial charge on any atom is 0.248 e. The number of fused-ring (bicyclic) bond motifs is 1. The van der Waals surface area contributed by atoms with Crippen LogP contribution in [0.4, 0.5) is 11.5 Å². The van der Waals surface area contributed by atoms with Crippen LogP contribution >= 0.6 is 0 Å². The van der Waals surface area contributed by atoms with E-state index in [4.69, 9.17) is 14.5 Å². The topological polar surface area (TPSA) is 66.9 Å².